The first-order valence-corrected chi connectivity index (χ1v) is 9.97. The van der Waals surface area contributed by atoms with Crippen LogP contribution in [0.1, 0.15) is 21.6 Å². The smallest absolute Gasteiger partial charge is 0.258 e. The molecule has 0 fully saturated rings. The average molecular weight is 413 g/mol. The second-order valence-corrected chi connectivity index (χ2v) is 6.97. The summed E-state index contributed by atoms with van der Waals surface area (Å²) >= 11 is 0. The number of pyridine rings is 1. The van der Waals surface area contributed by atoms with Gasteiger partial charge in [0.25, 0.3) is 5.91 Å². The number of carbonyl (C=O) groups is 1. The Labute approximate surface area is 180 Å². The van der Waals surface area contributed by atoms with E-state index in [1.54, 1.807) is 19.2 Å². The van der Waals surface area contributed by atoms with Gasteiger partial charge in [-0.05, 0) is 48.7 Å². The molecule has 0 saturated heterocycles. The predicted molar refractivity (Wildman–Crippen MR) is 121 cm³/mol. The number of hydrogen-bond donors (Lipinski definition) is 3. The fraction of sp³-hybridized carbons (Fsp3) is 0.125. The molecular formula is C24H23N5O2. The fourth-order valence-corrected chi connectivity index (χ4v) is 3.19. The highest BCUT2D eigenvalue weighted by molar-refractivity contribution is 6.03. The molecule has 0 bridgehead atoms. The van der Waals surface area contributed by atoms with Crippen LogP contribution in [0.15, 0.2) is 79.0 Å². The Balaban J connectivity index is 1.33. The molecule has 156 valence electrons. The van der Waals surface area contributed by atoms with Crippen LogP contribution in [0.4, 0.5) is 17.3 Å². The quantitative estimate of drug-likeness (QED) is 0.393. The van der Waals surface area contributed by atoms with E-state index in [1.165, 1.54) is 6.20 Å². The molecule has 0 atom stereocenters. The lowest BCUT2D eigenvalue weighted by atomic mass is 10.1. The number of amides is 1. The van der Waals surface area contributed by atoms with Crippen LogP contribution in [0.3, 0.4) is 0 Å². The number of hydrogen-bond acceptors (Lipinski definition) is 5. The van der Waals surface area contributed by atoms with Gasteiger partial charge in [0.05, 0.1) is 12.7 Å². The molecule has 0 spiro atoms. The van der Waals surface area contributed by atoms with E-state index in [0.29, 0.717) is 17.2 Å². The Morgan fingerprint density at radius 3 is 2.55 bits per heavy atom. The van der Waals surface area contributed by atoms with Crippen molar-refractivity contribution in [1.82, 2.24) is 15.2 Å². The Bertz CT molecular complexity index is 1140. The summed E-state index contributed by atoms with van der Waals surface area (Å²) in [6.45, 7) is 0. The Hall–Kier alpha value is -4.13. The van der Waals surface area contributed by atoms with Crippen LogP contribution in [0.2, 0.25) is 0 Å². The van der Waals surface area contributed by atoms with E-state index in [2.05, 4.69) is 25.8 Å². The van der Waals surface area contributed by atoms with Crippen molar-refractivity contribution in [2.45, 2.75) is 12.8 Å². The number of methoxy groups -OCH3 is 1. The molecule has 31 heavy (non-hydrogen) atoms. The maximum atomic E-state index is 12.5. The largest absolute Gasteiger partial charge is 0.496 e. The van der Waals surface area contributed by atoms with E-state index in [0.717, 1.165) is 35.5 Å². The Morgan fingerprint density at radius 1 is 0.968 bits per heavy atom. The summed E-state index contributed by atoms with van der Waals surface area (Å²) in [5.41, 5.74) is 3.45. The molecule has 4 aromatic rings. The van der Waals surface area contributed by atoms with Crippen LogP contribution in [0.5, 0.6) is 5.75 Å². The van der Waals surface area contributed by atoms with E-state index >= 15 is 0 Å². The first-order chi connectivity index (χ1) is 15.2. The highest BCUT2D eigenvalue weighted by Gasteiger charge is 2.10. The van der Waals surface area contributed by atoms with E-state index in [-0.39, 0.29) is 5.91 Å². The zero-order valence-electron chi connectivity index (χ0n) is 17.1. The molecular weight excluding hydrogens is 390 g/mol. The molecule has 0 saturated carbocycles. The lowest BCUT2D eigenvalue weighted by molar-refractivity contribution is 0.102. The number of aryl methyl sites for hydroxylation is 2. The van der Waals surface area contributed by atoms with Crippen molar-refractivity contribution in [3.05, 3.63) is 95.8 Å². The van der Waals surface area contributed by atoms with Crippen molar-refractivity contribution >= 4 is 23.2 Å². The van der Waals surface area contributed by atoms with Gasteiger partial charge in [-0.15, -0.1) is 0 Å². The van der Waals surface area contributed by atoms with Gasteiger partial charge >= 0.3 is 0 Å². The van der Waals surface area contributed by atoms with E-state index in [9.17, 15) is 4.79 Å². The fourth-order valence-electron chi connectivity index (χ4n) is 3.19. The van der Waals surface area contributed by atoms with Gasteiger partial charge in [0, 0.05) is 23.6 Å². The van der Waals surface area contributed by atoms with E-state index < -0.39 is 0 Å². The van der Waals surface area contributed by atoms with Crippen molar-refractivity contribution in [1.29, 1.82) is 0 Å². The van der Waals surface area contributed by atoms with Gasteiger partial charge in [-0.1, -0.05) is 36.4 Å². The molecule has 1 amide bonds. The number of nitrogens with zero attached hydrogens (tertiary/aromatic N) is 2. The van der Waals surface area contributed by atoms with Gasteiger partial charge in [0.1, 0.15) is 11.6 Å². The molecule has 0 radical (unpaired) electrons. The second kappa shape index (κ2) is 9.58. The van der Waals surface area contributed by atoms with Crippen molar-refractivity contribution in [2.75, 3.05) is 17.7 Å². The molecule has 2 aromatic carbocycles. The maximum absolute atomic E-state index is 12.5. The van der Waals surface area contributed by atoms with Crippen molar-refractivity contribution in [3.8, 4) is 5.75 Å². The number of ether oxygens (including phenoxy) is 1. The second-order valence-electron chi connectivity index (χ2n) is 6.97. The summed E-state index contributed by atoms with van der Waals surface area (Å²) in [5.74, 6) is 1.75. The normalized spacial score (nSPS) is 10.5. The molecule has 3 N–H and O–H groups in total. The SMILES string of the molecule is COc1ccccc1CCc1cc(NC(=O)c2ccc(Nc3ccccc3)nc2)n[nH]1. The van der Waals surface area contributed by atoms with Gasteiger partial charge in [0.2, 0.25) is 0 Å². The number of carbonyl (C=O) groups excluding carboxylic acids is 1. The van der Waals surface area contributed by atoms with Gasteiger partial charge in [0.15, 0.2) is 5.82 Å². The topological polar surface area (TPSA) is 91.9 Å². The molecule has 7 nitrogen and oxygen atoms in total. The third kappa shape index (κ3) is 5.27. The standard InChI is InChI=1S/C24H23N5O2/c1-31-21-10-6-5-7-17(21)11-13-20-15-23(29-28-20)27-24(30)18-12-14-22(25-16-18)26-19-8-3-2-4-9-19/h2-10,12,14-16H,11,13H2,1H3,(H,25,26)(H2,27,28,29,30). The molecule has 0 aliphatic rings. The number of benzene rings is 2. The third-order valence-corrected chi connectivity index (χ3v) is 4.80. The molecule has 2 heterocycles. The molecule has 2 aromatic heterocycles. The maximum Gasteiger partial charge on any atom is 0.258 e. The third-order valence-electron chi connectivity index (χ3n) is 4.80. The van der Waals surface area contributed by atoms with Crippen molar-refractivity contribution in [3.63, 3.8) is 0 Å². The van der Waals surface area contributed by atoms with E-state index in [1.807, 2.05) is 60.7 Å². The van der Waals surface area contributed by atoms with Gasteiger partial charge in [-0.25, -0.2) is 4.98 Å². The van der Waals surface area contributed by atoms with Crippen LogP contribution >= 0.6 is 0 Å². The summed E-state index contributed by atoms with van der Waals surface area (Å²) in [5, 5.41) is 13.2. The van der Waals surface area contributed by atoms with Gasteiger partial charge in [-0.2, -0.15) is 5.10 Å². The average Bonchev–Trinajstić information content (AvgIpc) is 3.26. The summed E-state index contributed by atoms with van der Waals surface area (Å²) < 4.78 is 5.39. The van der Waals surface area contributed by atoms with Crippen LogP contribution in [0.25, 0.3) is 0 Å². The highest BCUT2D eigenvalue weighted by atomic mass is 16.5. The van der Waals surface area contributed by atoms with Crippen molar-refractivity contribution < 1.29 is 9.53 Å². The first-order valence-electron chi connectivity index (χ1n) is 9.97. The van der Waals surface area contributed by atoms with Crippen molar-refractivity contribution in [2.24, 2.45) is 0 Å². The van der Waals surface area contributed by atoms with Crippen LogP contribution in [0, 0.1) is 0 Å². The zero-order chi connectivity index (χ0) is 21.5. The summed E-state index contributed by atoms with van der Waals surface area (Å²) in [4.78, 5) is 16.8. The summed E-state index contributed by atoms with van der Waals surface area (Å²) in [6.07, 6.45) is 3.10. The Kier molecular flexibility index (Phi) is 6.23. The molecule has 7 heteroatoms. The minimum atomic E-state index is -0.262. The summed E-state index contributed by atoms with van der Waals surface area (Å²) in [7, 11) is 1.67. The highest BCUT2D eigenvalue weighted by Crippen LogP contribution is 2.20. The molecule has 0 aliphatic heterocycles. The predicted octanol–water partition coefficient (Wildman–Crippen LogP) is 4.59. The number of nitrogens with one attached hydrogen (secondary N) is 3. The zero-order valence-corrected chi connectivity index (χ0v) is 17.1. The lowest BCUT2D eigenvalue weighted by Gasteiger charge is -2.07. The first kappa shape index (κ1) is 20.2. The van der Waals surface area contributed by atoms with Crippen LogP contribution in [-0.2, 0) is 12.8 Å². The number of para-hydroxylation sites is 2. The molecule has 4 rings (SSSR count). The molecule has 0 aliphatic carbocycles. The van der Waals surface area contributed by atoms with E-state index in [4.69, 9.17) is 4.74 Å². The van der Waals surface area contributed by atoms with Crippen LogP contribution < -0.4 is 15.4 Å². The number of rotatable bonds is 8. The minimum Gasteiger partial charge on any atom is -0.496 e. The van der Waals surface area contributed by atoms with Gasteiger partial charge < -0.3 is 15.4 Å². The van der Waals surface area contributed by atoms with Gasteiger partial charge in [-0.3, -0.25) is 9.89 Å². The number of aromatic nitrogens is 3. The molecule has 0 unspecified atom stereocenters. The number of H-pyrrole nitrogens is 1. The minimum absolute atomic E-state index is 0.262. The monoisotopic (exact) mass is 413 g/mol. The van der Waals surface area contributed by atoms with Crippen LogP contribution in [-0.4, -0.2) is 28.2 Å². The lowest BCUT2D eigenvalue weighted by Crippen LogP contribution is -2.12. The summed E-state index contributed by atoms with van der Waals surface area (Å²) in [6, 6.07) is 23.0. The number of aromatic amines is 1. The Morgan fingerprint density at radius 2 is 1.77 bits per heavy atom. The number of anilines is 3.